The summed E-state index contributed by atoms with van der Waals surface area (Å²) in [7, 11) is 2.03. The largest absolute Gasteiger partial charge is 0.358 e. The summed E-state index contributed by atoms with van der Waals surface area (Å²) < 4.78 is 2.12. The van der Waals surface area contributed by atoms with Gasteiger partial charge in [0.05, 0.1) is 10.9 Å². The normalized spacial score (nSPS) is 12.5. The van der Waals surface area contributed by atoms with E-state index < -0.39 is 0 Å². The highest BCUT2D eigenvalue weighted by Crippen LogP contribution is 2.24. The Balaban J connectivity index is 1.91. The molecule has 2 aromatic carbocycles. The van der Waals surface area contributed by atoms with E-state index in [-0.39, 0.29) is 5.91 Å². The standard InChI is InChI=1S/C23H21N3O/c1-15-18(19-8-4-6-10-21(19)24-15)13-12-17-14-22(25-16(2)27)20-9-5-7-11-23(20)26(17)3/h4-14,24H,1-3H3/b13-12+,25-22?. The van der Waals surface area contributed by atoms with Crippen molar-refractivity contribution < 1.29 is 4.79 Å². The molecule has 0 saturated heterocycles. The van der Waals surface area contributed by atoms with E-state index in [1.807, 2.05) is 49.5 Å². The van der Waals surface area contributed by atoms with E-state index in [1.165, 1.54) is 17.9 Å². The third-order valence-electron chi connectivity index (χ3n) is 4.86. The van der Waals surface area contributed by atoms with Crippen molar-refractivity contribution >= 4 is 39.9 Å². The van der Waals surface area contributed by atoms with Gasteiger partial charge in [-0.25, -0.2) is 4.99 Å². The molecule has 4 heteroatoms. The molecule has 0 saturated carbocycles. The van der Waals surface area contributed by atoms with Gasteiger partial charge in [0.25, 0.3) is 0 Å². The van der Waals surface area contributed by atoms with Gasteiger partial charge < -0.3 is 9.55 Å². The molecule has 4 aromatic rings. The van der Waals surface area contributed by atoms with Gasteiger partial charge in [-0.1, -0.05) is 42.5 Å². The second-order valence-electron chi connectivity index (χ2n) is 6.70. The Bertz CT molecular complexity index is 1270. The van der Waals surface area contributed by atoms with Crippen LogP contribution in [0.25, 0.3) is 34.0 Å². The maximum Gasteiger partial charge on any atom is 0.243 e. The minimum atomic E-state index is -0.198. The van der Waals surface area contributed by atoms with Crippen LogP contribution in [0.5, 0.6) is 0 Å². The number of amides is 1. The number of nitrogens with zero attached hydrogens (tertiary/aromatic N) is 2. The Labute approximate surface area is 157 Å². The number of pyridine rings is 1. The first-order valence-corrected chi connectivity index (χ1v) is 8.94. The molecule has 0 atom stereocenters. The number of nitrogens with one attached hydrogen (secondary N) is 1. The first kappa shape index (κ1) is 17.0. The quantitative estimate of drug-likeness (QED) is 0.562. The van der Waals surface area contributed by atoms with Gasteiger partial charge in [-0.05, 0) is 31.2 Å². The van der Waals surface area contributed by atoms with Crippen LogP contribution in [-0.4, -0.2) is 15.5 Å². The number of hydrogen-bond acceptors (Lipinski definition) is 1. The average molecular weight is 355 g/mol. The Morgan fingerprint density at radius 1 is 1.04 bits per heavy atom. The third kappa shape index (κ3) is 3.10. The third-order valence-corrected chi connectivity index (χ3v) is 4.86. The van der Waals surface area contributed by atoms with E-state index in [0.29, 0.717) is 5.36 Å². The molecular weight excluding hydrogens is 334 g/mol. The van der Waals surface area contributed by atoms with Crippen LogP contribution in [0.2, 0.25) is 0 Å². The minimum absolute atomic E-state index is 0.198. The molecule has 0 aliphatic rings. The van der Waals surface area contributed by atoms with Crippen molar-refractivity contribution in [2.45, 2.75) is 13.8 Å². The van der Waals surface area contributed by atoms with Crippen molar-refractivity contribution in [3.63, 3.8) is 0 Å². The van der Waals surface area contributed by atoms with Gasteiger partial charge >= 0.3 is 0 Å². The summed E-state index contributed by atoms with van der Waals surface area (Å²) in [4.78, 5) is 19.2. The summed E-state index contributed by atoms with van der Waals surface area (Å²) in [6.07, 6.45) is 4.20. The molecule has 1 amide bonds. The van der Waals surface area contributed by atoms with Crippen molar-refractivity contribution in [2.75, 3.05) is 0 Å². The number of hydrogen-bond donors (Lipinski definition) is 1. The first-order chi connectivity index (χ1) is 13.0. The predicted octanol–water partition coefficient (Wildman–Crippen LogP) is 4.59. The van der Waals surface area contributed by atoms with Crippen molar-refractivity contribution in [1.29, 1.82) is 0 Å². The SMILES string of the molecule is CC(=O)N=c1cc(/C=C/c2c(C)[nH]c3ccccc23)n(C)c2ccccc12. The predicted molar refractivity (Wildman–Crippen MR) is 111 cm³/mol. The van der Waals surface area contributed by atoms with E-state index >= 15 is 0 Å². The van der Waals surface area contributed by atoms with Crippen LogP contribution in [0.1, 0.15) is 23.9 Å². The zero-order chi connectivity index (χ0) is 19.0. The van der Waals surface area contributed by atoms with Crippen LogP contribution in [0.3, 0.4) is 0 Å². The van der Waals surface area contributed by atoms with Crippen LogP contribution in [0, 0.1) is 6.92 Å². The van der Waals surface area contributed by atoms with Gasteiger partial charge in [-0.2, -0.15) is 0 Å². The van der Waals surface area contributed by atoms with E-state index in [1.54, 1.807) is 0 Å². The number of fused-ring (bicyclic) bond motifs is 2. The molecular formula is C23H21N3O. The number of H-pyrrole nitrogens is 1. The number of aromatic nitrogens is 2. The number of carbonyl (C=O) groups is 1. The van der Waals surface area contributed by atoms with Gasteiger partial charge in [0.1, 0.15) is 0 Å². The average Bonchev–Trinajstić information content (AvgIpc) is 2.98. The maximum atomic E-state index is 11.6. The topological polar surface area (TPSA) is 50.1 Å². The van der Waals surface area contributed by atoms with E-state index in [2.05, 4.69) is 45.8 Å². The van der Waals surface area contributed by atoms with Crippen molar-refractivity contribution in [3.05, 3.63) is 76.9 Å². The van der Waals surface area contributed by atoms with Gasteiger partial charge in [0, 0.05) is 47.2 Å². The first-order valence-electron chi connectivity index (χ1n) is 8.94. The smallest absolute Gasteiger partial charge is 0.243 e. The van der Waals surface area contributed by atoms with E-state index in [0.717, 1.165) is 27.8 Å². The summed E-state index contributed by atoms with van der Waals surface area (Å²) in [5.41, 5.74) is 5.45. The lowest BCUT2D eigenvalue weighted by atomic mass is 10.1. The van der Waals surface area contributed by atoms with Gasteiger partial charge in [0.2, 0.25) is 5.91 Å². The van der Waals surface area contributed by atoms with E-state index in [4.69, 9.17) is 0 Å². The number of aromatic amines is 1. The van der Waals surface area contributed by atoms with E-state index in [9.17, 15) is 4.79 Å². The molecule has 0 bridgehead atoms. The molecule has 2 heterocycles. The Hall–Kier alpha value is -3.40. The number of para-hydroxylation sites is 2. The lowest BCUT2D eigenvalue weighted by Crippen LogP contribution is -2.12. The molecule has 0 aliphatic heterocycles. The van der Waals surface area contributed by atoms with Crippen molar-refractivity contribution in [2.24, 2.45) is 12.0 Å². The molecule has 134 valence electrons. The van der Waals surface area contributed by atoms with Crippen LogP contribution >= 0.6 is 0 Å². The fourth-order valence-electron chi connectivity index (χ4n) is 3.54. The molecule has 27 heavy (non-hydrogen) atoms. The highest BCUT2D eigenvalue weighted by molar-refractivity contribution is 5.93. The maximum absolute atomic E-state index is 11.6. The van der Waals surface area contributed by atoms with Crippen molar-refractivity contribution in [1.82, 2.24) is 9.55 Å². The number of rotatable bonds is 2. The molecule has 0 unspecified atom stereocenters. The molecule has 1 N–H and O–H groups in total. The number of aryl methyl sites for hydroxylation is 2. The van der Waals surface area contributed by atoms with Crippen molar-refractivity contribution in [3.8, 4) is 0 Å². The highest BCUT2D eigenvalue weighted by Gasteiger charge is 2.06. The van der Waals surface area contributed by atoms with Crippen LogP contribution < -0.4 is 5.36 Å². The fourth-order valence-corrected chi connectivity index (χ4v) is 3.54. The van der Waals surface area contributed by atoms with Crippen LogP contribution in [0.15, 0.2) is 59.6 Å². The molecule has 4 nitrogen and oxygen atoms in total. The second kappa shape index (κ2) is 6.72. The van der Waals surface area contributed by atoms with Gasteiger partial charge in [0.15, 0.2) is 0 Å². The van der Waals surface area contributed by atoms with Gasteiger partial charge in [-0.3, -0.25) is 4.79 Å². The monoisotopic (exact) mass is 355 g/mol. The molecule has 2 aromatic heterocycles. The van der Waals surface area contributed by atoms with Gasteiger partial charge in [-0.15, -0.1) is 0 Å². The highest BCUT2D eigenvalue weighted by atomic mass is 16.1. The fraction of sp³-hybridized carbons (Fsp3) is 0.130. The Morgan fingerprint density at radius 2 is 1.74 bits per heavy atom. The molecule has 0 radical (unpaired) electrons. The zero-order valence-corrected chi connectivity index (χ0v) is 15.7. The summed E-state index contributed by atoms with van der Waals surface area (Å²) >= 11 is 0. The summed E-state index contributed by atoms with van der Waals surface area (Å²) in [5, 5.41) is 2.87. The Kier molecular flexibility index (Phi) is 4.24. The molecule has 4 rings (SSSR count). The summed E-state index contributed by atoms with van der Waals surface area (Å²) in [6, 6.07) is 18.2. The molecule has 0 aliphatic carbocycles. The summed E-state index contributed by atoms with van der Waals surface area (Å²) in [6.45, 7) is 3.56. The zero-order valence-electron chi connectivity index (χ0n) is 15.7. The summed E-state index contributed by atoms with van der Waals surface area (Å²) in [5.74, 6) is -0.198. The minimum Gasteiger partial charge on any atom is -0.358 e. The lowest BCUT2D eigenvalue weighted by Gasteiger charge is -2.10. The molecule has 0 spiro atoms. The van der Waals surface area contributed by atoms with Crippen LogP contribution in [-0.2, 0) is 11.8 Å². The van der Waals surface area contributed by atoms with Crippen LogP contribution in [0.4, 0.5) is 0 Å². The number of carbonyl (C=O) groups excluding carboxylic acids is 1. The second-order valence-corrected chi connectivity index (χ2v) is 6.70. The Morgan fingerprint density at radius 3 is 2.52 bits per heavy atom. The lowest BCUT2D eigenvalue weighted by molar-refractivity contribution is -0.116. The number of benzene rings is 2. The molecule has 0 fully saturated rings.